The summed E-state index contributed by atoms with van der Waals surface area (Å²) >= 11 is 0. The summed E-state index contributed by atoms with van der Waals surface area (Å²) in [5, 5.41) is 5.94. The number of hydrogen-bond donors (Lipinski definition) is 2. The van der Waals surface area contributed by atoms with Gasteiger partial charge in [-0.1, -0.05) is 17.7 Å². The van der Waals surface area contributed by atoms with Gasteiger partial charge in [0, 0.05) is 6.04 Å². The van der Waals surface area contributed by atoms with Crippen LogP contribution in [0.5, 0.6) is 5.75 Å². The van der Waals surface area contributed by atoms with Gasteiger partial charge in [0.15, 0.2) is 6.61 Å². The number of anilines is 2. The first-order valence-electron chi connectivity index (χ1n) is 7.25. The summed E-state index contributed by atoms with van der Waals surface area (Å²) in [4.78, 5) is 16.0. The van der Waals surface area contributed by atoms with Crippen molar-refractivity contribution in [2.24, 2.45) is 0 Å². The molecule has 2 aromatic rings. The van der Waals surface area contributed by atoms with Crippen molar-refractivity contribution in [2.45, 2.75) is 26.8 Å². The summed E-state index contributed by atoms with van der Waals surface area (Å²) in [7, 11) is 0. The Morgan fingerprint density at radius 3 is 2.50 bits per heavy atom. The van der Waals surface area contributed by atoms with Crippen LogP contribution in [0.15, 0.2) is 42.6 Å². The first kappa shape index (κ1) is 15.8. The molecular formula is C17H21N3O2. The quantitative estimate of drug-likeness (QED) is 0.859. The molecule has 0 aliphatic carbocycles. The normalized spacial score (nSPS) is 10.4. The lowest BCUT2D eigenvalue weighted by Crippen LogP contribution is -2.20. The number of aryl methyl sites for hydroxylation is 1. The molecule has 1 heterocycles. The van der Waals surface area contributed by atoms with E-state index in [2.05, 4.69) is 29.5 Å². The summed E-state index contributed by atoms with van der Waals surface area (Å²) in [5.74, 6) is 0.939. The van der Waals surface area contributed by atoms with Gasteiger partial charge < -0.3 is 15.4 Å². The van der Waals surface area contributed by atoms with Gasteiger partial charge in [0.05, 0.1) is 11.9 Å². The van der Waals surface area contributed by atoms with E-state index >= 15 is 0 Å². The molecule has 5 nitrogen and oxygen atoms in total. The summed E-state index contributed by atoms with van der Waals surface area (Å²) in [6.07, 6.45) is 1.69. The maximum absolute atomic E-state index is 11.8. The van der Waals surface area contributed by atoms with E-state index in [1.165, 1.54) is 0 Å². The third-order valence-corrected chi connectivity index (χ3v) is 2.88. The zero-order valence-electron chi connectivity index (χ0n) is 13.1. The van der Waals surface area contributed by atoms with Crippen molar-refractivity contribution >= 4 is 17.4 Å². The fourth-order valence-electron chi connectivity index (χ4n) is 1.85. The number of benzene rings is 1. The van der Waals surface area contributed by atoms with Gasteiger partial charge in [0.2, 0.25) is 0 Å². The fourth-order valence-corrected chi connectivity index (χ4v) is 1.85. The summed E-state index contributed by atoms with van der Waals surface area (Å²) < 4.78 is 5.42. The van der Waals surface area contributed by atoms with E-state index in [1.807, 2.05) is 37.3 Å². The fraction of sp³-hybridized carbons (Fsp3) is 0.294. The van der Waals surface area contributed by atoms with Crippen LogP contribution in [0.3, 0.4) is 0 Å². The minimum absolute atomic E-state index is 0.0449. The number of carbonyl (C=O) groups excluding carboxylic acids is 1. The smallest absolute Gasteiger partial charge is 0.263 e. The number of pyridine rings is 1. The Hall–Kier alpha value is -2.56. The van der Waals surface area contributed by atoms with Gasteiger partial charge in [-0.3, -0.25) is 4.79 Å². The number of amides is 1. The topological polar surface area (TPSA) is 63.2 Å². The molecule has 0 saturated carbocycles. The van der Waals surface area contributed by atoms with Crippen LogP contribution in [0.25, 0.3) is 0 Å². The van der Waals surface area contributed by atoms with Gasteiger partial charge in [0.1, 0.15) is 11.6 Å². The molecule has 0 aliphatic heterocycles. The third kappa shape index (κ3) is 5.09. The van der Waals surface area contributed by atoms with Crippen molar-refractivity contribution in [2.75, 3.05) is 17.2 Å². The number of nitrogens with zero attached hydrogens (tertiary/aromatic N) is 1. The second-order valence-electron chi connectivity index (χ2n) is 5.38. The first-order valence-corrected chi connectivity index (χ1v) is 7.25. The van der Waals surface area contributed by atoms with Crippen LogP contribution in [0.2, 0.25) is 0 Å². The number of hydrogen-bond acceptors (Lipinski definition) is 4. The van der Waals surface area contributed by atoms with Crippen molar-refractivity contribution in [3.8, 4) is 5.75 Å². The van der Waals surface area contributed by atoms with E-state index < -0.39 is 0 Å². The maximum atomic E-state index is 11.8. The second kappa shape index (κ2) is 7.45. The van der Waals surface area contributed by atoms with E-state index in [0.29, 0.717) is 17.6 Å². The van der Waals surface area contributed by atoms with Gasteiger partial charge in [-0.15, -0.1) is 0 Å². The highest BCUT2D eigenvalue weighted by Crippen LogP contribution is 2.12. The molecular weight excluding hydrogens is 278 g/mol. The molecule has 5 heteroatoms. The molecule has 1 amide bonds. The SMILES string of the molecule is Cc1ccc(OCC(=O)Nc2ccc(NC(C)C)cn2)cc1. The van der Waals surface area contributed by atoms with Crippen molar-refractivity contribution < 1.29 is 9.53 Å². The van der Waals surface area contributed by atoms with Gasteiger partial charge in [0.25, 0.3) is 5.91 Å². The molecule has 1 aromatic carbocycles. The molecule has 22 heavy (non-hydrogen) atoms. The molecule has 0 atom stereocenters. The Balaban J connectivity index is 1.82. The minimum atomic E-state index is -0.238. The molecule has 2 rings (SSSR count). The molecule has 0 spiro atoms. The zero-order chi connectivity index (χ0) is 15.9. The molecule has 0 fully saturated rings. The van der Waals surface area contributed by atoms with Gasteiger partial charge in [-0.05, 0) is 45.0 Å². The Morgan fingerprint density at radius 1 is 1.18 bits per heavy atom. The van der Waals surface area contributed by atoms with Crippen molar-refractivity contribution in [1.82, 2.24) is 4.98 Å². The predicted molar refractivity (Wildman–Crippen MR) is 88.3 cm³/mol. The Labute approximate surface area is 130 Å². The zero-order valence-corrected chi connectivity index (χ0v) is 13.1. The molecule has 0 unspecified atom stereocenters. The summed E-state index contributed by atoms with van der Waals surface area (Å²) in [6.45, 7) is 6.06. The monoisotopic (exact) mass is 299 g/mol. The summed E-state index contributed by atoms with van der Waals surface area (Å²) in [6, 6.07) is 11.5. The van der Waals surface area contributed by atoms with Crippen molar-refractivity contribution in [3.63, 3.8) is 0 Å². The second-order valence-corrected chi connectivity index (χ2v) is 5.38. The van der Waals surface area contributed by atoms with E-state index in [-0.39, 0.29) is 12.5 Å². The van der Waals surface area contributed by atoms with Crippen LogP contribution >= 0.6 is 0 Å². The Bertz CT molecular complexity index is 607. The molecule has 0 radical (unpaired) electrons. The predicted octanol–water partition coefficient (Wildman–Crippen LogP) is 3.23. The lowest BCUT2D eigenvalue weighted by Gasteiger charge is -2.10. The molecule has 2 N–H and O–H groups in total. The van der Waals surface area contributed by atoms with Gasteiger partial charge in [-0.25, -0.2) is 4.98 Å². The minimum Gasteiger partial charge on any atom is -0.484 e. The van der Waals surface area contributed by atoms with Crippen LogP contribution in [0.4, 0.5) is 11.5 Å². The number of rotatable bonds is 6. The van der Waals surface area contributed by atoms with Crippen LogP contribution < -0.4 is 15.4 Å². The van der Waals surface area contributed by atoms with Crippen LogP contribution in [0, 0.1) is 6.92 Å². The lowest BCUT2D eigenvalue weighted by molar-refractivity contribution is -0.118. The van der Waals surface area contributed by atoms with Crippen molar-refractivity contribution in [3.05, 3.63) is 48.2 Å². The highest BCUT2D eigenvalue weighted by Gasteiger charge is 2.05. The lowest BCUT2D eigenvalue weighted by atomic mass is 10.2. The van der Waals surface area contributed by atoms with Crippen LogP contribution in [-0.4, -0.2) is 23.5 Å². The third-order valence-electron chi connectivity index (χ3n) is 2.88. The van der Waals surface area contributed by atoms with E-state index in [0.717, 1.165) is 11.3 Å². The molecule has 0 bridgehead atoms. The van der Waals surface area contributed by atoms with Gasteiger partial charge in [-0.2, -0.15) is 0 Å². The van der Waals surface area contributed by atoms with E-state index in [4.69, 9.17) is 4.74 Å². The Morgan fingerprint density at radius 2 is 1.91 bits per heavy atom. The molecule has 116 valence electrons. The van der Waals surface area contributed by atoms with Crippen LogP contribution in [0.1, 0.15) is 19.4 Å². The number of carbonyl (C=O) groups is 1. The van der Waals surface area contributed by atoms with Crippen molar-refractivity contribution in [1.29, 1.82) is 0 Å². The van der Waals surface area contributed by atoms with E-state index in [9.17, 15) is 4.79 Å². The number of aromatic nitrogens is 1. The first-order chi connectivity index (χ1) is 10.5. The highest BCUT2D eigenvalue weighted by atomic mass is 16.5. The molecule has 0 saturated heterocycles. The number of ether oxygens (including phenoxy) is 1. The standard InChI is InChI=1S/C17H21N3O2/c1-12(2)19-14-6-9-16(18-10-14)20-17(21)11-22-15-7-4-13(3)5-8-15/h4-10,12,19H,11H2,1-3H3,(H,18,20,21). The van der Waals surface area contributed by atoms with Gasteiger partial charge >= 0.3 is 0 Å². The van der Waals surface area contributed by atoms with Crippen LogP contribution in [-0.2, 0) is 4.79 Å². The average molecular weight is 299 g/mol. The Kier molecular flexibility index (Phi) is 5.36. The largest absolute Gasteiger partial charge is 0.484 e. The maximum Gasteiger partial charge on any atom is 0.263 e. The number of nitrogens with one attached hydrogen (secondary N) is 2. The summed E-state index contributed by atoms with van der Waals surface area (Å²) in [5.41, 5.74) is 2.07. The molecule has 1 aromatic heterocycles. The molecule has 0 aliphatic rings. The highest BCUT2D eigenvalue weighted by molar-refractivity contribution is 5.91. The average Bonchev–Trinajstić information content (AvgIpc) is 2.48. The van der Waals surface area contributed by atoms with E-state index in [1.54, 1.807) is 12.3 Å².